The van der Waals surface area contributed by atoms with Crippen molar-refractivity contribution in [2.24, 2.45) is 0 Å². The second kappa shape index (κ2) is 10.2. The number of nitrogen functional groups attached to an aromatic ring is 2. The lowest BCUT2D eigenvalue weighted by Crippen LogP contribution is -1.96. The standard InChI is InChI=1S/C29H26N2O2/c1-2-11-21(23-13-4-8-17-27(23)33-29-19-10-6-15-25(29)31)20-22-12-3-7-16-26(22)32-28-18-9-5-14-24(28)30/h2-10,12-20H,1,11,30-31H2/b21-20+. The lowest BCUT2D eigenvalue weighted by atomic mass is 9.98. The number of para-hydroxylation sites is 6. The lowest BCUT2D eigenvalue weighted by Gasteiger charge is -2.16. The molecule has 0 saturated carbocycles. The van der Waals surface area contributed by atoms with Crippen LogP contribution < -0.4 is 20.9 Å². The van der Waals surface area contributed by atoms with Gasteiger partial charge in [0.2, 0.25) is 0 Å². The summed E-state index contributed by atoms with van der Waals surface area (Å²) in [6.07, 6.45) is 4.61. The van der Waals surface area contributed by atoms with Gasteiger partial charge in [0.25, 0.3) is 0 Å². The summed E-state index contributed by atoms with van der Waals surface area (Å²) in [7, 11) is 0. The number of hydrogen-bond donors (Lipinski definition) is 2. The average molecular weight is 435 g/mol. The highest BCUT2D eigenvalue weighted by Crippen LogP contribution is 2.37. The van der Waals surface area contributed by atoms with E-state index >= 15 is 0 Å². The van der Waals surface area contributed by atoms with Crippen LogP contribution in [-0.4, -0.2) is 0 Å². The van der Waals surface area contributed by atoms with E-state index in [1.165, 1.54) is 0 Å². The van der Waals surface area contributed by atoms with Crippen molar-refractivity contribution < 1.29 is 9.47 Å². The monoisotopic (exact) mass is 434 g/mol. The molecule has 4 N–H and O–H groups in total. The fourth-order valence-electron chi connectivity index (χ4n) is 3.49. The zero-order chi connectivity index (χ0) is 23.0. The SMILES string of the molecule is C=CC/C(=C\c1ccccc1Oc1ccccc1N)c1ccccc1Oc1ccccc1N. The highest BCUT2D eigenvalue weighted by molar-refractivity contribution is 5.86. The van der Waals surface area contributed by atoms with Gasteiger partial charge < -0.3 is 20.9 Å². The smallest absolute Gasteiger partial charge is 0.150 e. The van der Waals surface area contributed by atoms with Crippen LogP contribution in [0.25, 0.3) is 11.6 Å². The largest absolute Gasteiger partial charge is 0.455 e. The molecule has 0 aliphatic rings. The molecule has 0 aliphatic heterocycles. The van der Waals surface area contributed by atoms with Gasteiger partial charge in [-0.2, -0.15) is 0 Å². The van der Waals surface area contributed by atoms with E-state index in [0.717, 1.165) is 16.7 Å². The van der Waals surface area contributed by atoms with Crippen LogP contribution in [0, 0.1) is 0 Å². The van der Waals surface area contributed by atoms with Gasteiger partial charge in [0.15, 0.2) is 0 Å². The molecule has 0 aromatic heterocycles. The number of allylic oxidation sites excluding steroid dienone is 2. The second-order valence-corrected chi connectivity index (χ2v) is 7.48. The van der Waals surface area contributed by atoms with Gasteiger partial charge in [-0.05, 0) is 54.5 Å². The van der Waals surface area contributed by atoms with Crippen molar-refractivity contribution in [3.8, 4) is 23.0 Å². The maximum Gasteiger partial charge on any atom is 0.150 e. The summed E-state index contributed by atoms with van der Waals surface area (Å²) >= 11 is 0. The molecule has 0 bridgehead atoms. The molecular weight excluding hydrogens is 408 g/mol. The molecule has 0 spiro atoms. The Morgan fingerprint density at radius 3 is 1.73 bits per heavy atom. The highest BCUT2D eigenvalue weighted by atomic mass is 16.5. The minimum Gasteiger partial charge on any atom is -0.455 e. The van der Waals surface area contributed by atoms with Crippen LogP contribution in [0.4, 0.5) is 11.4 Å². The van der Waals surface area contributed by atoms with Crippen LogP contribution in [0.2, 0.25) is 0 Å². The van der Waals surface area contributed by atoms with E-state index in [1.807, 2.05) is 103 Å². The zero-order valence-electron chi connectivity index (χ0n) is 18.3. The summed E-state index contributed by atoms with van der Waals surface area (Å²) in [6, 6.07) is 30.7. The fourth-order valence-corrected chi connectivity index (χ4v) is 3.49. The summed E-state index contributed by atoms with van der Waals surface area (Å²) in [5.74, 6) is 2.66. The Morgan fingerprint density at radius 2 is 1.12 bits per heavy atom. The Kier molecular flexibility index (Phi) is 6.76. The van der Waals surface area contributed by atoms with Crippen molar-refractivity contribution in [2.75, 3.05) is 11.5 Å². The van der Waals surface area contributed by atoms with E-state index in [4.69, 9.17) is 20.9 Å². The third-order valence-corrected chi connectivity index (χ3v) is 5.12. The van der Waals surface area contributed by atoms with Gasteiger partial charge in [-0.1, -0.05) is 66.7 Å². The predicted octanol–water partition coefficient (Wildman–Crippen LogP) is 7.55. The molecular formula is C29H26N2O2. The first-order chi connectivity index (χ1) is 16.2. The van der Waals surface area contributed by atoms with Gasteiger partial charge >= 0.3 is 0 Å². The van der Waals surface area contributed by atoms with Gasteiger partial charge in [-0.3, -0.25) is 0 Å². The minimum atomic E-state index is 0.584. The Balaban J connectivity index is 1.74. The summed E-state index contributed by atoms with van der Waals surface area (Å²) in [4.78, 5) is 0. The van der Waals surface area contributed by atoms with E-state index in [-0.39, 0.29) is 0 Å². The molecule has 0 fully saturated rings. The number of anilines is 2. The van der Waals surface area contributed by atoms with Crippen LogP contribution in [0.5, 0.6) is 23.0 Å². The van der Waals surface area contributed by atoms with Crippen LogP contribution in [0.3, 0.4) is 0 Å². The molecule has 0 saturated heterocycles. The van der Waals surface area contributed by atoms with Gasteiger partial charge in [0.1, 0.15) is 23.0 Å². The van der Waals surface area contributed by atoms with Crippen molar-refractivity contribution in [2.45, 2.75) is 6.42 Å². The van der Waals surface area contributed by atoms with Gasteiger partial charge in [-0.15, -0.1) is 6.58 Å². The quantitative estimate of drug-likeness (QED) is 0.171. The Bertz CT molecular complexity index is 1290. The molecule has 33 heavy (non-hydrogen) atoms. The van der Waals surface area contributed by atoms with Gasteiger partial charge in [0, 0.05) is 11.1 Å². The third-order valence-electron chi connectivity index (χ3n) is 5.12. The third kappa shape index (κ3) is 5.25. The number of benzene rings is 4. The molecule has 4 nitrogen and oxygen atoms in total. The maximum absolute atomic E-state index is 6.20. The van der Waals surface area contributed by atoms with Crippen LogP contribution >= 0.6 is 0 Å². The second-order valence-electron chi connectivity index (χ2n) is 7.48. The summed E-state index contributed by atoms with van der Waals surface area (Å²) in [5.41, 5.74) is 16.3. The van der Waals surface area contributed by atoms with Crippen molar-refractivity contribution in [1.29, 1.82) is 0 Å². The zero-order valence-corrected chi connectivity index (χ0v) is 18.3. The van der Waals surface area contributed by atoms with Gasteiger partial charge in [-0.25, -0.2) is 0 Å². The normalized spacial score (nSPS) is 11.1. The van der Waals surface area contributed by atoms with E-state index in [9.17, 15) is 0 Å². The topological polar surface area (TPSA) is 70.5 Å². The average Bonchev–Trinajstić information content (AvgIpc) is 2.83. The van der Waals surface area contributed by atoms with Crippen molar-refractivity contribution in [3.05, 3.63) is 121 Å². The van der Waals surface area contributed by atoms with Crippen LogP contribution in [-0.2, 0) is 0 Å². The fraction of sp³-hybridized carbons (Fsp3) is 0.0345. The summed E-state index contributed by atoms with van der Waals surface area (Å²) in [5, 5.41) is 0. The number of rotatable bonds is 8. The van der Waals surface area contributed by atoms with Crippen molar-refractivity contribution in [3.63, 3.8) is 0 Å². The molecule has 0 amide bonds. The van der Waals surface area contributed by atoms with E-state index in [0.29, 0.717) is 40.8 Å². The Morgan fingerprint density at radius 1 is 0.636 bits per heavy atom. The Hall–Kier alpha value is -4.44. The Labute approximate surface area is 194 Å². The van der Waals surface area contributed by atoms with Gasteiger partial charge in [0.05, 0.1) is 11.4 Å². The van der Waals surface area contributed by atoms with Crippen LogP contribution in [0.15, 0.2) is 110 Å². The first-order valence-corrected chi connectivity index (χ1v) is 10.7. The number of nitrogens with two attached hydrogens (primary N) is 2. The first-order valence-electron chi connectivity index (χ1n) is 10.7. The minimum absolute atomic E-state index is 0.584. The molecule has 4 heteroatoms. The molecule has 0 unspecified atom stereocenters. The summed E-state index contributed by atoms with van der Waals surface area (Å²) in [6.45, 7) is 3.95. The van der Waals surface area contributed by atoms with Crippen LogP contribution in [0.1, 0.15) is 17.5 Å². The summed E-state index contributed by atoms with van der Waals surface area (Å²) < 4.78 is 12.4. The lowest BCUT2D eigenvalue weighted by molar-refractivity contribution is 0.483. The number of ether oxygens (including phenoxy) is 2. The molecule has 0 atom stereocenters. The van der Waals surface area contributed by atoms with E-state index in [2.05, 4.69) is 12.7 Å². The molecule has 164 valence electrons. The molecule has 0 radical (unpaired) electrons. The number of hydrogen-bond acceptors (Lipinski definition) is 4. The molecule has 4 aromatic rings. The van der Waals surface area contributed by atoms with Crippen molar-refractivity contribution >= 4 is 23.0 Å². The van der Waals surface area contributed by atoms with E-state index in [1.54, 1.807) is 0 Å². The van der Waals surface area contributed by atoms with Crippen molar-refractivity contribution in [1.82, 2.24) is 0 Å². The predicted molar refractivity (Wildman–Crippen MR) is 137 cm³/mol. The maximum atomic E-state index is 6.20. The molecule has 0 aliphatic carbocycles. The molecule has 0 heterocycles. The highest BCUT2D eigenvalue weighted by Gasteiger charge is 2.12. The molecule has 4 rings (SSSR count). The van der Waals surface area contributed by atoms with E-state index < -0.39 is 0 Å². The molecule has 4 aromatic carbocycles. The first kappa shape index (κ1) is 21.8.